The molecule has 0 atom stereocenters. The zero-order valence-corrected chi connectivity index (χ0v) is 29.6. The van der Waals surface area contributed by atoms with Crippen molar-refractivity contribution in [2.24, 2.45) is 0 Å². The summed E-state index contributed by atoms with van der Waals surface area (Å²) in [5.74, 6) is 0. The van der Waals surface area contributed by atoms with Crippen molar-refractivity contribution in [3.63, 3.8) is 0 Å². The number of rotatable bonds is 7. The van der Waals surface area contributed by atoms with Crippen LogP contribution < -0.4 is 0 Å². The van der Waals surface area contributed by atoms with Gasteiger partial charge in [0.2, 0.25) is 0 Å². The molecule has 0 nitrogen and oxygen atoms in total. The van der Waals surface area contributed by atoms with Crippen LogP contribution in [0.5, 0.6) is 0 Å². The van der Waals surface area contributed by atoms with Crippen molar-refractivity contribution in [3.8, 4) is 0 Å². The molecule has 1 aliphatic heterocycles. The van der Waals surface area contributed by atoms with Crippen LogP contribution in [0.15, 0.2) is 0 Å². The van der Waals surface area contributed by atoms with Gasteiger partial charge in [-0.05, 0) is 0 Å². The molecule has 0 amide bonds. The van der Waals surface area contributed by atoms with Crippen molar-refractivity contribution in [1.29, 1.82) is 0 Å². The van der Waals surface area contributed by atoms with Gasteiger partial charge in [-0.15, -0.1) is 0 Å². The fourth-order valence-electron chi connectivity index (χ4n) is 6.11. The Morgan fingerprint density at radius 2 is 0.750 bits per heavy atom. The number of hydrogen-bond donors (Lipinski definition) is 0. The van der Waals surface area contributed by atoms with Crippen LogP contribution in [0, 0.1) is 0 Å². The van der Waals surface area contributed by atoms with Crippen LogP contribution in [0.2, 0.25) is 104 Å². The molecule has 0 bridgehead atoms. The molecule has 0 aliphatic carbocycles. The van der Waals surface area contributed by atoms with Crippen molar-refractivity contribution >= 4 is 56.5 Å². The second-order valence-corrected chi connectivity index (χ2v) is 47.6. The Morgan fingerprint density at radius 1 is 0.536 bits per heavy atom. The minimum atomic E-state index is -1.09. The third kappa shape index (κ3) is 6.11. The molecule has 0 spiro atoms. The first-order valence-corrected chi connectivity index (χ1v) is 30.1. The molecule has 1 saturated heterocycles. The van der Waals surface area contributed by atoms with E-state index in [4.69, 9.17) is 0 Å². The van der Waals surface area contributed by atoms with Crippen LogP contribution in [0.1, 0.15) is 33.6 Å². The van der Waals surface area contributed by atoms with E-state index < -0.39 is 32.3 Å². The van der Waals surface area contributed by atoms with Gasteiger partial charge >= 0.3 is 146 Å². The van der Waals surface area contributed by atoms with Crippen molar-refractivity contribution in [3.05, 3.63) is 0 Å². The van der Waals surface area contributed by atoms with Crippen LogP contribution in [0.4, 0.5) is 0 Å². The quantitative estimate of drug-likeness (QED) is 0.287. The Morgan fingerprint density at radius 3 is 0.821 bits per heavy atom. The van der Waals surface area contributed by atoms with Gasteiger partial charge in [0.15, 0.2) is 0 Å². The fraction of sp³-hybridized carbons (Fsp3) is 1.00. The Kier molecular flexibility index (Phi) is 10.6. The van der Waals surface area contributed by atoms with E-state index in [9.17, 15) is 0 Å². The summed E-state index contributed by atoms with van der Waals surface area (Å²) >= 11 is 0.150. The van der Waals surface area contributed by atoms with E-state index in [1.807, 2.05) is 0 Å². The van der Waals surface area contributed by atoms with E-state index in [1.54, 1.807) is 12.8 Å². The normalized spacial score (nSPS) is 20.1. The molecule has 1 fully saturated rings. The molecular formula is C22H55GeSi5. The van der Waals surface area contributed by atoms with E-state index in [2.05, 4.69) is 99.3 Å². The van der Waals surface area contributed by atoms with Crippen LogP contribution in [-0.2, 0) is 0 Å². The minimum absolute atomic E-state index is 0.137. The summed E-state index contributed by atoms with van der Waals surface area (Å²) in [6.45, 7) is 39.4. The molecule has 0 aromatic rings. The molecule has 0 saturated carbocycles. The van der Waals surface area contributed by atoms with Gasteiger partial charge in [-0.2, -0.15) is 0 Å². The van der Waals surface area contributed by atoms with Gasteiger partial charge in [-0.3, -0.25) is 0 Å². The summed E-state index contributed by atoms with van der Waals surface area (Å²) in [4.78, 5) is 0. The van der Waals surface area contributed by atoms with Crippen molar-refractivity contribution < 1.29 is 0 Å². The zero-order chi connectivity index (χ0) is 22.8. The zero-order valence-electron chi connectivity index (χ0n) is 22.5. The van der Waals surface area contributed by atoms with Gasteiger partial charge in [-0.25, -0.2) is 0 Å². The maximum absolute atomic E-state index is 2.71. The third-order valence-electron chi connectivity index (χ3n) is 7.92. The second kappa shape index (κ2) is 10.1. The summed E-state index contributed by atoms with van der Waals surface area (Å²) in [5, 5.41) is 0. The second-order valence-electron chi connectivity index (χ2n) is 13.2. The summed E-state index contributed by atoms with van der Waals surface area (Å²) in [6, 6.07) is 4.37. The maximum atomic E-state index is 2.71. The molecule has 3 radical (unpaired) electrons. The molecule has 6 heteroatoms. The predicted molar refractivity (Wildman–Crippen MR) is 151 cm³/mol. The van der Waals surface area contributed by atoms with E-state index >= 15 is 0 Å². The number of hydrogen-bond acceptors (Lipinski definition) is 0. The molecule has 0 aromatic carbocycles. The van der Waals surface area contributed by atoms with E-state index in [-0.39, 0.29) is 24.2 Å². The first-order valence-electron chi connectivity index (χ1n) is 11.9. The first kappa shape index (κ1) is 29.6. The van der Waals surface area contributed by atoms with Crippen LogP contribution in [-0.4, -0.2) is 56.5 Å². The molecule has 1 rings (SSSR count). The Hall–Kier alpha value is 1.63. The van der Waals surface area contributed by atoms with Gasteiger partial charge in [0.05, 0.1) is 0 Å². The Labute approximate surface area is 193 Å². The third-order valence-corrected chi connectivity index (χ3v) is 55.5. The molecule has 28 heavy (non-hydrogen) atoms. The molecule has 0 N–H and O–H groups in total. The van der Waals surface area contributed by atoms with Gasteiger partial charge < -0.3 is 0 Å². The van der Waals surface area contributed by atoms with Crippen LogP contribution in [0.3, 0.4) is 0 Å². The van der Waals surface area contributed by atoms with Gasteiger partial charge in [0.1, 0.15) is 0 Å². The molecule has 0 aromatic heterocycles. The molecule has 1 aliphatic rings. The molecule has 167 valence electrons. The standard InChI is InChI=1S/C16H40GeSi4.C6H15Si/c1-18(2,3)15(19(4,5)6)13-14-16(17-15,20(7,8)9)21(10,11)12;1-4-7(5-2)6-3/h13-14H2,1-12H3;4-6H2,1-3H3. The molecular weight excluding hydrogens is 477 g/mol. The monoisotopic (exact) mass is 533 g/mol. The SMILES string of the molecule is CC[Si](CC)CC.C[Si](C)(C)[C]1([Si](C)(C)C)CC[C]([Si](C)(C)C)([Si](C)(C)C)[Ge]1. The van der Waals surface area contributed by atoms with E-state index in [0.29, 0.717) is 0 Å². The van der Waals surface area contributed by atoms with E-state index in [0.717, 1.165) is 6.99 Å². The molecule has 1 heterocycles. The first-order chi connectivity index (χ1) is 12.3. The van der Waals surface area contributed by atoms with Crippen LogP contribution >= 0.6 is 0 Å². The topological polar surface area (TPSA) is 0 Å². The van der Waals surface area contributed by atoms with Gasteiger partial charge in [0, 0.05) is 8.80 Å². The van der Waals surface area contributed by atoms with Crippen LogP contribution in [0.25, 0.3) is 0 Å². The predicted octanol–water partition coefficient (Wildman–Crippen LogP) is 8.85. The van der Waals surface area contributed by atoms with Crippen molar-refractivity contribution in [1.82, 2.24) is 0 Å². The average Bonchev–Trinajstić information content (AvgIpc) is 2.92. The van der Waals surface area contributed by atoms with Gasteiger partial charge in [0.25, 0.3) is 0 Å². The Balaban J connectivity index is 0.000000887. The fourth-order valence-corrected chi connectivity index (χ4v) is 49.7. The average molecular weight is 533 g/mol. The summed E-state index contributed by atoms with van der Waals surface area (Å²) in [7, 11) is -4.24. The molecule has 0 unspecified atom stereocenters. The van der Waals surface area contributed by atoms with Gasteiger partial charge in [-0.1, -0.05) is 38.9 Å². The van der Waals surface area contributed by atoms with E-state index in [1.165, 1.54) is 18.1 Å². The van der Waals surface area contributed by atoms with Crippen molar-refractivity contribution in [2.45, 2.75) is 137 Å². The Bertz CT molecular complexity index is 402. The summed E-state index contributed by atoms with van der Waals surface area (Å²) in [6.07, 6.45) is 3.24. The van der Waals surface area contributed by atoms with Crippen molar-refractivity contribution in [2.75, 3.05) is 0 Å². The summed E-state index contributed by atoms with van der Waals surface area (Å²) < 4.78 is 1.78. The summed E-state index contributed by atoms with van der Waals surface area (Å²) in [5.41, 5.74) is 0.